The van der Waals surface area contributed by atoms with Gasteiger partial charge in [0.05, 0.1) is 5.92 Å². The lowest BCUT2D eigenvalue weighted by molar-refractivity contribution is -0.140. The van der Waals surface area contributed by atoms with E-state index >= 15 is 0 Å². The van der Waals surface area contributed by atoms with Gasteiger partial charge in [0.2, 0.25) is 0 Å². The van der Waals surface area contributed by atoms with E-state index in [-0.39, 0.29) is 5.92 Å². The Hall–Kier alpha value is -1.58. The second-order valence-electron chi connectivity index (χ2n) is 5.44. The third-order valence-corrected chi connectivity index (χ3v) is 3.42. The summed E-state index contributed by atoms with van der Waals surface area (Å²) in [5.41, 5.74) is 1.12. The standard InChI is InChI=1S/C16H26N2O2/c1-4-5-6-7-10-18(12-14(3)16(19)20)15-9-8-13(2)11-17-15/h8-9,11,14H,4-7,10,12H2,1-3H3,(H,19,20). The van der Waals surface area contributed by atoms with Gasteiger partial charge in [-0.2, -0.15) is 0 Å². The Balaban J connectivity index is 2.67. The number of rotatable bonds is 9. The van der Waals surface area contributed by atoms with Crippen molar-refractivity contribution >= 4 is 11.8 Å². The predicted molar refractivity (Wildman–Crippen MR) is 82.1 cm³/mol. The first-order valence-electron chi connectivity index (χ1n) is 7.45. The highest BCUT2D eigenvalue weighted by Crippen LogP contribution is 2.15. The smallest absolute Gasteiger partial charge is 0.308 e. The van der Waals surface area contributed by atoms with Crippen molar-refractivity contribution in [2.45, 2.75) is 46.5 Å². The van der Waals surface area contributed by atoms with Gasteiger partial charge in [0.1, 0.15) is 5.82 Å². The molecule has 0 spiro atoms. The van der Waals surface area contributed by atoms with Crippen LogP contribution in [0.2, 0.25) is 0 Å². The van der Waals surface area contributed by atoms with Gasteiger partial charge in [-0.1, -0.05) is 39.2 Å². The van der Waals surface area contributed by atoms with E-state index < -0.39 is 5.97 Å². The number of unbranched alkanes of at least 4 members (excludes halogenated alkanes) is 3. The number of aromatic nitrogens is 1. The SMILES string of the molecule is CCCCCCN(CC(C)C(=O)O)c1ccc(C)cn1. The van der Waals surface area contributed by atoms with Crippen LogP contribution in [-0.4, -0.2) is 29.1 Å². The van der Waals surface area contributed by atoms with E-state index in [9.17, 15) is 4.79 Å². The van der Waals surface area contributed by atoms with Crippen LogP contribution in [0.5, 0.6) is 0 Å². The molecule has 20 heavy (non-hydrogen) atoms. The average molecular weight is 278 g/mol. The van der Waals surface area contributed by atoms with Gasteiger partial charge in [-0.3, -0.25) is 4.79 Å². The van der Waals surface area contributed by atoms with Crippen LogP contribution in [0.1, 0.15) is 45.1 Å². The molecule has 4 heteroatoms. The van der Waals surface area contributed by atoms with E-state index in [2.05, 4.69) is 16.8 Å². The molecular formula is C16H26N2O2. The maximum absolute atomic E-state index is 11.0. The lowest BCUT2D eigenvalue weighted by Gasteiger charge is -2.25. The Morgan fingerprint density at radius 1 is 1.35 bits per heavy atom. The maximum Gasteiger partial charge on any atom is 0.308 e. The van der Waals surface area contributed by atoms with Gasteiger partial charge in [-0.25, -0.2) is 4.98 Å². The van der Waals surface area contributed by atoms with Gasteiger partial charge in [-0.15, -0.1) is 0 Å². The van der Waals surface area contributed by atoms with E-state index in [1.165, 1.54) is 19.3 Å². The predicted octanol–water partition coefficient (Wildman–Crippen LogP) is 3.50. The summed E-state index contributed by atoms with van der Waals surface area (Å²) in [5.74, 6) is -0.264. The topological polar surface area (TPSA) is 53.4 Å². The fraction of sp³-hybridized carbons (Fsp3) is 0.625. The van der Waals surface area contributed by atoms with Crippen LogP contribution in [0.15, 0.2) is 18.3 Å². The summed E-state index contributed by atoms with van der Waals surface area (Å²) in [6.45, 7) is 7.31. The fourth-order valence-corrected chi connectivity index (χ4v) is 2.08. The molecular weight excluding hydrogens is 252 g/mol. The van der Waals surface area contributed by atoms with Crippen LogP contribution >= 0.6 is 0 Å². The molecule has 1 N–H and O–H groups in total. The number of carboxylic acids is 1. The fourth-order valence-electron chi connectivity index (χ4n) is 2.08. The first-order valence-corrected chi connectivity index (χ1v) is 7.45. The molecule has 1 aromatic heterocycles. The van der Waals surface area contributed by atoms with Gasteiger partial charge in [0.15, 0.2) is 0 Å². The van der Waals surface area contributed by atoms with Gasteiger partial charge in [-0.05, 0) is 25.0 Å². The number of aliphatic carboxylic acids is 1. The van der Waals surface area contributed by atoms with Crippen LogP contribution in [-0.2, 0) is 4.79 Å². The Morgan fingerprint density at radius 2 is 2.10 bits per heavy atom. The summed E-state index contributed by atoms with van der Waals surface area (Å²) in [4.78, 5) is 17.6. The molecule has 1 heterocycles. The van der Waals surface area contributed by atoms with Gasteiger partial charge >= 0.3 is 5.97 Å². The Labute approximate surface area is 121 Å². The largest absolute Gasteiger partial charge is 0.481 e. The first-order chi connectivity index (χ1) is 9.54. The second kappa shape index (κ2) is 8.56. The normalized spacial score (nSPS) is 12.2. The van der Waals surface area contributed by atoms with E-state index in [1.54, 1.807) is 6.92 Å². The number of anilines is 1. The lowest BCUT2D eigenvalue weighted by Crippen LogP contribution is -2.33. The third kappa shape index (κ3) is 5.59. The highest BCUT2D eigenvalue weighted by Gasteiger charge is 2.17. The molecule has 0 aromatic carbocycles. The Kier molecular flexibility index (Phi) is 7.05. The molecule has 1 rings (SSSR count). The number of carboxylic acid groups (broad SMARTS) is 1. The van der Waals surface area contributed by atoms with Gasteiger partial charge in [0, 0.05) is 19.3 Å². The van der Waals surface area contributed by atoms with Crippen molar-refractivity contribution in [3.05, 3.63) is 23.9 Å². The third-order valence-electron chi connectivity index (χ3n) is 3.42. The minimum atomic E-state index is -0.754. The molecule has 4 nitrogen and oxygen atoms in total. The van der Waals surface area contributed by atoms with E-state index in [4.69, 9.17) is 5.11 Å². The molecule has 0 aliphatic carbocycles. The van der Waals surface area contributed by atoms with Crippen molar-refractivity contribution in [2.75, 3.05) is 18.0 Å². The molecule has 112 valence electrons. The quantitative estimate of drug-likeness (QED) is 0.702. The lowest BCUT2D eigenvalue weighted by atomic mass is 10.1. The van der Waals surface area contributed by atoms with Gasteiger partial charge in [0.25, 0.3) is 0 Å². The summed E-state index contributed by atoms with van der Waals surface area (Å²) >= 11 is 0. The molecule has 1 aromatic rings. The molecule has 0 radical (unpaired) electrons. The van der Waals surface area contributed by atoms with Crippen molar-refractivity contribution in [3.8, 4) is 0 Å². The number of pyridine rings is 1. The molecule has 0 aliphatic heterocycles. The van der Waals surface area contributed by atoms with Crippen molar-refractivity contribution < 1.29 is 9.90 Å². The molecule has 1 atom stereocenters. The number of hydrogen-bond acceptors (Lipinski definition) is 3. The molecule has 1 unspecified atom stereocenters. The van der Waals surface area contributed by atoms with Crippen LogP contribution < -0.4 is 4.90 Å². The Bertz CT molecular complexity index is 403. The zero-order chi connectivity index (χ0) is 15.0. The molecule has 0 amide bonds. The van der Waals surface area contributed by atoms with E-state index in [0.29, 0.717) is 6.54 Å². The maximum atomic E-state index is 11.0. The summed E-state index contributed by atoms with van der Waals surface area (Å²) in [6.07, 6.45) is 6.52. The molecule has 0 saturated heterocycles. The van der Waals surface area contributed by atoms with E-state index in [0.717, 1.165) is 24.3 Å². The Morgan fingerprint density at radius 3 is 2.65 bits per heavy atom. The first kappa shape index (κ1) is 16.5. The number of hydrogen-bond donors (Lipinski definition) is 1. The number of carbonyl (C=O) groups is 1. The highest BCUT2D eigenvalue weighted by molar-refractivity contribution is 5.70. The number of aryl methyl sites for hydroxylation is 1. The monoisotopic (exact) mass is 278 g/mol. The minimum Gasteiger partial charge on any atom is -0.481 e. The van der Waals surface area contributed by atoms with E-state index in [1.807, 2.05) is 25.3 Å². The van der Waals surface area contributed by atoms with Crippen LogP contribution in [0.4, 0.5) is 5.82 Å². The highest BCUT2D eigenvalue weighted by atomic mass is 16.4. The van der Waals surface area contributed by atoms with Crippen molar-refractivity contribution in [3.63, 3.8) is 0 Å². The van der Waals surface area contributed by atoms with Gasteiger partial charge < -0.3 is 10.0 Å². The minimum absolute atomic E-state index is 0.385. The summed E-state index contributed by atoms with van der Waals surface area (Å²) in [6, 6.07) is 4.00. The summed E-state index contributed by atoms with van der Waals surface area (Å²) < 4.78 is 0. The zero-order valence-electron chi connectivity index (χ0n) is 12.8. The van der Waals surface area contributed by atoms with Crippen LogP contribution in [0.3, 0.4) is 0 Å². The average Bonchev–Trinajstić information content (AvgIpc) is 2.43. The number of nitrogens with zero attached hydrogens (tertiary/aromatic N) is 2. The van der Waals surface area contributed by atoms with Crippen LogP contribution in [0, 0.1) is 12.8 Å². The van der Waals surface area contributed by atoms with Crippen LogP contribution in [0.25, 0.3) is 0 Å². The van der Waals surface area contributed by atoms with Crippen molar-refractivity contribution in [1.82, 2.24) is 4.98 Å². The van der Waals surface area contributed by atoms with Crippen molar-refractivity contribution in [1.29, 1.82) is 0 Å². The molecule has 0 fully saturated rings. The molecule has 0 saturated carbocycles. The second-order valence-corrected chi connectivity index (χ2v) is 5.44. The molecule has 0 bridgehead atoms. The van der Waals surface area contributed by atoms with Crippen molar-refractivity contribution in [2.24, 2.45) is 5.92 Å². The summed E-state index contributed by atoms with van der Waals surface area (Å²) in [5, 5.41) is 9.08. The zero-order valence-corrected chi connectivity index (χ0v) is 12.8. The summed E-state index contributed by atoms with van der Waals surface area (Å²) in [7, 11) is 0. The molecule has 0 aliphatic rings.